The van der Waals surface area contributed by atoms with Gasteiger partial charge in [-0.05, 0) is 38.3 Å². The fourth-order valence-corrected chi connectivity index (χ4v) is 1.32. The molecule has 1 N–H and O–H groups in total. The third-order valence-electron chi connectivity index (χ3n) is 1.92. The van der Waals surface area contributed by atoms with E-state index >= 15 is 0 Å². The number of halogens is 1. The van der Waals surface area contributed by atoms with Crippen LogP contribution in [0.15, 0.2) is 0 Å². The van der Waals surface area contributed by atoms with Crippen LogP contribution in [0.25, 0.3) is 0 Å². The van der Waals surface area contributed by atoms with Gasteiger partial charge in [-0.2, -0.15) is 0 Å². The van der Waals surface area contributed by atoms with Gasteiger partial charge in [0.25, 0.3) is 0 Å². The van der Waals surface area contributed by atoms with E-state index in [0.717, 1.165) is 19.5 Å². The molecule has 1 saturated heterocycles. The van der Waals surface area contributed by atoms with E-state index in [2.05, 4.69) is 5.32 Å². The Morgan fingerprint density at radius 3 is 3.00 bits per heavy atom. The number of nitrogens with one attached hydrogen (secondary N) is 1. The Balaban J connectivity index is 2.08. The van der Waals surface area contributed by atoms with E-state index in [9.17, 15) is 4.39 Å². The lowest BCUT2D eigenvalue weighted by Crippen LogP contribution is -2.29. The average Bonchev–Trinajstić information content (AvgIpc) is 1.91. The maximum absolute atomic E-state index is 11.7. The quantitative estimate of drug-likeness (QED) is 0.596. The Bertz CT molecular complexity index is 66.6. The predicted molar refractivity (Wildman–Crippen MR) is 36.2 cm³/mol. The molecular weight excluding hydrogens is 117 g/mol. The van der Waals surface area contributed by atoms with Crippen molar-refractivity contribution in [3.63, 3.8) is 0 Å². The lowest BCUT2D eigenvalue weighted by molar-refractivity contribution is 0.318. The zero-order chi connectivity index (χ0) is 6.53. The molecule has 0 aromatic heterocycles. The number of hydrogen-bond acceptors (Lipinski definition) is 1. The highest BCUT2D eigenvalue weighted by atomic mass is 19.1. The molecule has 0 aromatic rings. The summed E-state index contributed by atoms with van der Waals surface area (Å²) in [6.07, 6.45) is 3.20. The normalized spacial score (nSPS) is 28.3. The summed E-state index contributed by atoms with van der Waals surface area (Å²) in [5, 5.41) is 3.25. The fraction of sp³-hybridized carbons (Fsp3) is 1.00. The van der Waals surface area contributed by atoms with Gasteiger partial charge in [-0.1, -0.05) is 0 Å². The molecule has 1 aliphatic heterocycles. The third kappa shape index (κ3) is 2.31. The summed E-state index contributed by atoms with van der Waals surface area (Å²) >= 11 is 0. The average molecular weight is 131 g/mol. The summed E-state index contributed by atoms with van der Waals surface area (Å²) in [7, 11) is 0. The van der Waals surface area contributed by atoms with Crippen molar-refractivity contribution in [1.82, 2.24) is 5.32 Å². The molecule has 1 fully saturated rings. The minimum atomic E-state index is -0.146. The second-order valence-electron chi connectivity index (χ2n) is 2.69. The molecule has 0 spiro atoms. The van der Waals surface area contributed by atoms with Gasteiger partial charge in [-0.15, -0.1) is 0 Å². The number of hydrogen-bond donors (Lipinski definition) is 1. The Kier molecular flexibility index (Phi) is 2.98. The van der Waals surface area contributed by atoms with Gasteiger partial charge >= 0.3 is 0 Å². The number of alkyl halides is 1. The second kappa shape index (κ2) is 3.83. The molecule has 9 heavy (non-hydrogen) atoms. The van der Waals surface area contributed by atoms with Crippen molar-refractivity contribution in [1.29, 1.82) is 0 Å². The smallest absolute Gasteiger partial charge is 0.0897 e. The molecule has 1 heterocycles. The highest BCUT2D eigenvalue weighted by Crippen LogP contribution is 2.13. The Morgan fingerprint density at radius 2 is 2.44 bits per heavy atom. The van der Waals surface area contributed by atoms with Crippen LogP contribution in [0.2, 0.25) is 0 Å². The van der Waals surface area contributed by atoms with Crippen LogP contribution in [0.5, 0.6) is 0 Å². The van der Waals surface area contributed by atoms with Crippen LogP contribution in [0, 0.1) is 5.92 Å². The van der Waals surface area contributed by atoms with E-state index in [0.29, 0.717) is 5.92 Å². The first kappa shape index (κ1) is 7.00. The van der Waals surface area contributed by atoms with Gasteiger partial charge in [0.1, 0.15) is 0 Å². The van der Waals surface area contributed by atoms with Gasteiger partial charge in [0.05, 0.1) is 6.67 Å². The van der Waals surface area contributed by atoms with Crippen molar-refractivity contribution < 1.29 is 4.39 Å². The Labute approximate surface area is 55.6 Å². The summed E-state index contributed by atoms with van der Waals surface area (Å²) in [5.74, 6) is 0.615. The van der Waals surface area contributed by atoms with E-state index in [-0.39, 0.29) is 6.67 Å². The minimum Gasteiger partial charge on any atom is -0.316 e. The maximum Gasteiger partial charge on any atom is 0.0897 e. The van der Waals surface area contributed by atoms with E-state index in [1.54, 1.807) is 0 Å². The highest BCUT2D eigenvalue weighted by molar-refractivity contribution is 4.67. The van der Waals surface area contributed by atoms with Crippen LogP contribution in [-0.2, 0) is 0 Å². The maximum atomic E-state index is 11.7. The van der Waals surface area contributed by atoms with Crippen molar-refractivity contribution >= 4 is 0 Å². The Morgan fingerprint density at radius 1 is 1.56 bits per heavy atom. The predicted octanol–water partition coefficient (Wildman–Crippen LogP) is 1.35. The van der Waals surface area contributed by atoms with Crippen LogP contribution in [0.3, 0.4) is 0 Å². The molecule has 0 saturated carbocycles. The zero-order valence-corrected chi connectivity index (χ0v) is 5.70. The fourth-order valence-electron chi connectivity index (χ4n) is 1.32. The summed E-state index contributed by atoms with van der Waals surface area (Å²) in [6.45, 7) is 2.01. The van der Waals surface area contributed by atoms with Crippen molar-refractivity contribution in [2.75, 3.05) is 19.8 Å². The van der Waals surface area contributed by atoms with Gasteiger partial charge < -0.3 is 5.32 Å². The van der Waals surface area contributed by atoms with Gasteiger partial charge in [0.15, 0.2) is 0 Å². The third-order valence-corrected chi connectivity index (χ3v) is 1.92. The number of piperidine rings is 1. The summed E-state index contributed by atoms with van der Waals surface area (Å²) in [6, 6.07) is 0. The van der Waals surface area contributed by atoms with Crippen molar-refractivity contribution in [3.8, 4) is 0 Å². The monoisotopic (exact) mass is 131 g/mol. The number of rotatable bonds is 2. The van der Waals surface area contributed by atoms with Crippen LogP contribution >= 0.6 is 0 Å². The summed E-state index contributed by atoms with van der Waals surface area (Å²) < 4.78 is 11.7. The zero-order valence-electron chi connectivity index (χ0n) is 5.70. The second-order valence-corrected chi connectivity index (χ2v) is 2.69. The van der Waals surface area contributed by atoms with Gasteiger partial charge in [0.2, 0.25) is 0 Å². The molecule has 1 rings (SSSR count). The Hall–Kier alpha value is -0.110. The van der Waals surface area contributed by atoms with Crippen LogP contribution in [-0.4, -0.2) is 19.8 Å². The van der Waals surface area contributed by atoms with Crippen LogP contribution < -0.4 is 5.32 Å². The topological polar surface area (TPSA) is 12.0 Å². The lowest BCUT2D eigenvalue weighted by Gasteiger charge is -2.20. The molecule has 0 amide bonds. The standard InChI is InChI=1S/C7H14FN/c8-4-3-7-2-1-5-9-6-7/h7,9H,1-6H2. The first-order valence-corrected chi connectivity index (χ1v) is 3.70. The van der Waals surface area contributed by atoms with Crippen molar-refractivity contribution in [2.45, 2.75) is 19.3 Å². The molecule has 1 atom stereocenters. The van der Waals surface area contributed by atoms with Crippen molar-refractivity contribution in [3.05, 3.63) is 0 Å². The minimum absolute atomic E-state index is 0.146. The molecule has 1 nitrogen and oxygen atoms in total. The van der Waals surface area contributed by atoms with Crippen molar-refractivity contribution in [2.24, 2.45) is 5.92 Å². The van der Waals surface area contributed by atoms with E-state index < -0.39 is 0 Å². The van der Waals surface area contributed by atoms with Gasteiger partial charge in [-0.3, -0.25) is 4.39 Å². The molecule has 0 aromatic carbocycles. The molecule has 0 radical (unpaired) electrons. The molecular formula is C7H14FN. The van der Waals surface area contributed by atoms with Gasteiger partial charge in [-0.25, -0.2) is 0 Å². The SMILES string of the molecule is FCCC1CCCNC1. The largest absolute Gasteiger partial charge is 0.316 e. The first-order chi connectivity index (χ1) is 4.43. The van der Waals surface area contributed by atoms with E-state index in [1.165, 1.54) is 12.8 Å². The highest BCUT2D eigenvalue weighted by Gasteiger charge is 2.11. The molecule has 1 aliphatic rings. The molecule has 54 valence electrons. The van der Waals surface area contributed by atoms with Gasteiger partial charge in [0, 0.05) is 0 Å². The van der Waals surface area contributed by atoms with Crippen LogP contribution in [0.4, 0.5) is 4.39 Å². The van der Waals surface area contributed by atoms with E-state index in [4.69, 9.17) is 0 Å². The first-order valence-electron chi connectivity index (χ1n) is 3.70. The van der Waals surface area contributed by atoms with E-state index in [1.807, 2.05) is 0 Å². The molecule has 1 unspecified atom stereocenters. The van der Waals surface area contributed by atoms with Crippen LogP contribution in [0.1, 0.15) is 19.3 Å². The molecule has 2 heteroatoms. The molecule has 0 aliphatic carbocycles. The summed E-state index contributed by atoms with van der Waals surface area (Å²) in [5.41, 5.74) is 0. The molecule has 0 bridgehead atoms. The lowest BCUT2D eigenvalue weighted by atomic mass is 9.97. The summed E-state index contributed by atoms with van der Waals surface area (Å²) in [4.78, 5) is 0.